The summed E-state index contributed by atoms with van der Waals surface area (Å²) in [6.45, 7) is 2.54. The number of hydrogen-bond donors (Lipinski definition) is 1. The zero-order valence-corrected chi connectivity index (χ0v) is 14.3. The zero-order chi connectivity index (χ0) is 13.7. The van der Waals surface area contributed by atoms with Gasteiger partial charge in [-0.2, -0.15) is 16.1 Å². The topological polar surface area (TPSA) is 42.0 Å². The molecule has 1 amide bonds. The van der Waals surface area contributed by atoms with Gasteiger partial charge in [-0.15, -0.1) is 11.3 Å². The molecule has 2 heterocycles. The van der Waals surface area contributed by atoms with Crippen molar-refractivity contribution in [2.45, 2.75) is 12.7 Å². The van der Waals surface area contributed by atoms with E-state index in [-0.39, 0.29) is 5.91 Å². The summed E-state index contributed by atoms with van der Waals surface area (Å²) in [4.78, 5) is 13.2. The highest BCUT2D eigenvalue weighted by molar-refractivity contribution is 9.11. The standard InChI is InChI=1S/C12H13BrN2OS3/c1-8-10(7-18-15-8)12(16)14-4-5-17-6-9-2-3-11(13)19-9/h2-3,7H,4-6H2,1H3,(H,14,16). The number of carbonyl (C=O) groups excluding carboxylic acids is 1. The van der Waals surface area contributed by atoms with Crippen molar-refractivity contribution < 1.29 is 4.79 Å². The largest absolute Gasteiger partial charge is 0.351 e. The lowest BCUT2D eigenvalue weighted by Crippen LogP contribution is -2.25. The molecule has 7 heteroatoms. The average molecular weight is 377 g/mol. The number of amides is 1. The summed E-state index contributed by atoms with van der Waals surface area (Å²) in [7, 11) is 0. The lowest BCUT2D eigenvalue weighted by atomic mass is 10.2. The predicted octanol–water partition coefficient (Wildman–Crippen LogP) is 3.94. The van der Waals surface area contributed by atoms with Crippen molar-refractivity contribution in [1.82, 2.24) is 9.69 Å². The molecule has 0 radical (unpaired) electrons. The molecule has 0 aliphatic carbocycles. The van der Waals surface area contributed by atoms with Gasteiger partial charge in [0, 0.05) is 28.3 Å². The Hall–Kier alpha value is -0.370. The van der Waals surface area contributed by atoms with E-state index >= 15 is 0 Å². The van der Waals surface area contributed by atoms with Gasteiger partial charge < -0.3 is 5.32 Å². The quantitative estimate of drug-likeness (QED) is 0.776. The van der Waals surface area contributed by atoms with Crippen LogP contribution in [0, 0.1) is 6.92 Å². The Morgan fingerprint density at radius 1 is 1.53 bits per heavy atom. The molecule has 102 valence electrons. The SMILES string of the molecule is Cc1nscc1C(=O)NCCSCc1ccc(Br)s1. The van der Waals surface area contributed by atoms with E-state index in [0.717, 1.165) is 21.0 Å². The number of aryl methyl sites for hydroxylation is 1. The van der Waals surface area contributed by atoms with Crippen LogP contribution in [0.1, 0.15) is 20.9 Å². The number of thiophene rings is 1. The molecule has 0 aromatic carbocycles. The van der Waals surface area contributed by atoms with Crippen LogP contribution < -0.4 is 5.32 Å². The van der Waals surface area contributed by atoms with Crippen LogP contribution in [0.15, 0.2) is 21.3 Å². The van der Waals surface area contributed by atoms with Crippen LogP contribution in [0.2, 0.25) is 0 Å². The van der Waals surface area contributed by atoms with Crippen molar-refractivity contribution >= 4 is 56.5 Å². The second-order valence-electron chi connectivity index (χ2n) is 3.83. The van der Waals surface area contributed by atoms with Crippen molar-refractivity contribution in [2.24, 2.45) is 0 Å². The summed E-state index contributed by atoms with van der Waals surface area (Å²) in [6, 6.07) is 4.19. The maximum Gasteiger partial charge on any atom is 0.254 e. The number of nitrogens with zero attached hydrogens (tertiary/aromatic N) is 1. The fourth-order valence-electron chi connectivity index (χ4n) is 1.44. The number of thioether (sulfide) groups is 1. The first-order valence-electron chi connectivity index (χ1n) is 5.68. The smallest absolute Gasteiger partial charge is 0.254 e. The van der Waals surface area contributed by atoms with Gasteiger partial charge in [0.1, 0.15) is 0 Å². The summed E-state index contributed by atoms with van der Waals surface area (Å²) >= 11 is 8.35. The minimum atomic E-state index is -0.0225. The van der Waals surface area contributed by atoms with Crippen molar-refractivity contribution in [3.05, 3.63) is 37.4 Å². The van der Waals surface area contributed by atoms with E-state index in [1.165, 1.54) is 16.4 Å². The van der Waals surface area contributed by atoms with Gasteiger partial charge in [-0.3, -0.25) is 4.79 Å². The van der Waals surface area contributed by atoms with E-state index in [4.69, 9.17) is 0 Å². The van der Waals surface area contributed by atoms with E-state index in [2.05, 4.69) is 37.8 Å². The van der Waals surface area contributed by atoms with E-state index in [9.17, 15) is 4.79 Å². The number of aromatic nitrogens is 1. The van der Waals surface area contributed by atoms with E-state index in [1.54, 1.807) is 16.7 Å². The van der Waals surface area contributed by atoms with Gasteiger partial charge in [0.05, 0.1) is 15.0 Å². The molecule has 0 bridgehead atoms. The van der Waals surface area contributed by atoms with Gasteiger partial charge in [0.25, 0.3) is 5.91 Å². The maximum absolute atomic E-state index is 11.8. The van der Waals surface area contributed by atoms with Gasteiger partial charge >= 0.3 is 0 Å². The number of rotatable bonds is 6. The zero-order valence-electron chi connectivity index (χ0n) is 10.3. The van der Waals surface area contributed by atoms with Crippen LogP contribution in [0.5, 0.6) is 0 Å². The maximum atomic E-state index is 11.8. The third-order valence-electron chi connectivity index (χ3n) is 2.40. The molecule has 0 aliphatic rings. The first-order chi connectivity index (χ1) is 9.16. The van der Waals surface area contributed by atoms with Gasteiger partial charge in [-0.1, -0.05) is 0 Å². The molecule has 2 rings (SSSR count). The Morgan fingerprint density at radius 3 is 3.00 bits per heavy atom. The third kappa shape index (κ3) is 4.59. The van der Waals surface area contributed by atoms with E-state index in [1.807, 2.05) is 18.7 Å². The first kappa shape index (κ1) is 15.0. The van der Waals surface area contributed by atoms with E-state index < -0.39 is 0 Å². The highest BCUT2D eigenvalue weighted by Gasteiger charge is 2.09. The summed E-state index contributed by atoms with van der Waals surface area (Å²) in [5, 5.41) is 4.71. The minimum Gasteiger partial charge on any atom is -0.351 e. The van der Waals surface area contributed by atoms with E-state index in [0.29, 0.717) is 12.1 Å². The third-order valence-corrected chi connectivity index (χ3v) is 5.93. The van der Waals surface area contributed by atoms with Crippen LogP contribution in [-0.2, 0) is 5.75 Å². The van der Waals surface area contributed by atoms with Crippen LogP contribution in [0.4, 0.5) is 0 Å². The molecule has 19 heavy (non-hydrogen) atoms. The Kier molecular flexibility index (Phi) is 5.87. The average Bonchev–Trinajstić information content (AvgIpc) is 2.97. The fraction of sp³-hybridized carbons (Fsp3) is 0.333. The molecule has 0 fully saturated rings. The van der Waals surface area contributed by atoms with Crippen molar-refractivity contribution in [1.29, 1.82) is 0 Å². The molecule has 2 aromatic rings. The van der Waals surface area contributed by atoms with Crippen LogP contribution in [0.25, 0.3) is 0 Å². The molecule has 0 saturated heterocycles. The highest BCUT2D eigenvalue weighted by Crippen LogP contribution is 2.25. The highest BCUT2D eigenvalue weighted by atomic mass is 79.9. The van der Waals surface area contributed by atoms with Gasteiger partial charge in [0.15, 0.2) is 0 Å². The summed E-state index contributed by atoms with van der Waals surface area (Å²) in [5.41, 5.74) is 1.50. The fourth-order valence-corrected chi connectivity index (χ4v) is 4.59. The second kappa shape index (κ2) is 7.42. The predicted molar refractivity (Wildman–Crippen MR) is 87.4 cm³/mol. The van der Waals surface area contributed by atoms with Crippen molar-refractivity contribution in [3.63, 3.8) is 0 Å². The molecule has 0 aliphatic heterocycles. The molecule has 0 unspecified atom stereocenters. The minimum absolute atomic E-state index is 0.0225. The van der Waals surface area contributed by atoms with Crippen molar-refractivity contribution in [2.75, 3.05) is 12.3 Å². The summed E-state index contributed by atoms with van der Waals surface area (Å²) in [5.74, 6) is 1.88. The molecule has 1 N–H and O–H groups in total. The van der Waals surface area contributed by atoms with Crippen LogP contribution in [0.3, 0.4) is 0 Å². The summed E-state index contributed by atoms with van der Waals surface area (Å²) in [6.07, 6.45) is 0. The summed E-state index contributed by atoms with van der Waals surface area (Å²) < 4.78 is 5.26. The lowest BCUT2D eigenvalue weighted by molar-refractivity contribution is 0.0956. The number of nitrogens with one attached hydrogen (secondary N) is 1. The number of carbonyl (C=O) groups is 1. The van der Waals surface area contributed by atoms with Crippen LogP contribution in [-0.4, -0.2) is 22.6 Å². The molecular formula is C12H13BrN2OS3. The second-order valence-corrected chi connectivity index (χ2v) is 8.11. The molecule has 0 saturated carbocycles. The van der Waals surface area contributed by atoms with Crippen molar-refractivity contribution in [3.8, 4) is 0 Å². The molecule has 0 spiro atoms. The normalized spacial score (nSPS) is 10.6. The lowest BCUT2D eigenvalue weighted by Gasteiger charge is -2.03. The monoisotopic (exact) mass is 376 g/mol. The van der Waals surface area contributed by atoms with Gasteiger partial charge in [0.2, 0.25) is 0 Å². The Labute approximate surface area is 133 Å². The number of hydrogen-bond acceptors (Lipinski definition) is 5. The molecular weight excluding hydrogens is 364 g/mol. The first-order valence-corrected chi connectivity index (χ1v) is 9.28. The van der Waals surface area contributed by atoms with Gasteiger partial charge in [-0.25, -0.2) is 0 Å². The molecule has 0 atom stereocenters. The number of halogens is 1. The van der Waals surface area contributed by atoms with Gasteiger partial charge in [-0.05, 0) is 46.5 Å². The Morgan fingerprint density at radius 2 is 2.37 bits per heavy atom. The molecule has 3 nitrogen and oxygen atoms in total. The Bertz CT molecular complexity index is 553. The molecule has 2 aromatic heterocycles. The van der Waals surface area contributed by atoms with Crippen LogP contribution >= 0.6 is 50.6 Å². The Balaban J connectivity index is 1.64.